The van der Waals surface area contributed by atoms with E-state index in [1.54, 1.807) is 9.80 Å². The van der Waals surface area contributed by atoms with Gasteiger partial charge < -0.3 is 19.3 Å². The second-order valence-corrected chi connectivity index (χ2v) is 6.85. The molecule has 0 N–H and O–H groups in total. The highest BCUT2D eigenvalue weighted by molar-refractivity contribution is 5.83. The quantitative estimate of drug-likeness (QED) is 0.833. The summed E-state index contributed by atoms with van der Waals surface area (Å²) in [6.07, 6.45) is 1.38. The Hall–Kier alpha value is -1.92. The van der Waals surface area contributed by atoms with E-state index in [0.717, 1.165) is 5.56 Å². The number of piperidine rings is 1. The van der Waals surface area contributed by atoms with E-state index in [2.05, 4.69) is 0 Å². The molecule has 3 rings (SSSR count). The molecule has 2 amide bonds. The van der Waals surface area contributed by atoms with E-state index in [4.69, 9.17) is 9.47 Å². The van der Waals surface area contributed by atoms with Gasteiger partial charge in [-0.3, -0.25) is 9.59 Å². The molecular weight excluding hydrogens is 320 g/mol. The SMILES string of the molecule is CC(=O)N(CC(=O)N1CCC2(CC1)OCCO2)Cc1ccc(C)cc1. The summed E-state index contributed by atoms with van der Waals surface area (Å²) in [7, 11) is 0. The zero-order valence-electron chi connectivity index (χ0n) is 15.0. The smallest absolute Gasteiger partial charge is 0.242 e. The lowest BCUT2D eigenvalue weighted by molar-refractivity contribution is -0.187. The van der Waals surface area contributed by atoms with Crippen molar-refractivity contribution < 1.29 is 19.1 Å². The molecule has 0 aliphatic carbocycles. The number of likely N-dealkylation sites (tertiary alicyclic amines) is 1. The minimum Gasteiger partial charge on any atom is -0.347 e. The third-order valence-electron chi connectivity index (χ3n) is 4.96. The summed E-state index contributed by atoms with van der Waals surface area (Å²) in [4.78, 5) is 28.0. The maximum atomic E-state index is 12.6. The fourth-order valence-electron chi connectivity index (χ4n) is 3.34. The molecule has 2 aliphatic rings. The minimum atomic E-state index is -0.487. The van der Waals surface area contributed by atoms with Crippen LogP contribution in [0.5, 0.6) is 0 Å². The first-order chi connectivity index (χ1) is 12.0. The largest absolute Gasteiger partial charge is 0.347 e. The zero-order chi connectivity index (χ0) is 17.9. The van der Waals surface area contributed by atoms with E-state index in [1.807, 2.05) is 31.2 Å². The Balaban J connectivity index is 1.55. The second kappa shape index (κ2) is 7.54. The van der Waals surface area contributed by atoms with Crippen LogP contribution in [0.15, 0.2) is 24.3 Å². The molecule has 0 saturated carbocycles. The molecule has 2 fully saturated rings. The maximum absolute atomic E-state index is 12.6. The number of rotatable bonds is 4. The van der Waals surface area contributed by atoms with Gasteiger partial charge in [0, 0.05) is 39.4 Å². The second-order valence-electron chi connectivity index (χ2n) is 6.85. The number of aryl methyl sites for hydroxylation is 1. The lowest BCUT2D eigenvalue weighted by Gasteiger charge is -2.38. The van der Waals surface area contributed by atoms with E-state index in [9.17, 15) is 9.59 Å². The third kappa shape index (κ3) is 4.38. The predicted octanol–water partition coefficient (Wildman–Crippen LogP) is 1.71. The molecule has 6 heteroatoms. The number of carbonyl (C=O) groups excluding carboxylic acids is 2. The van der Waals surface area contributed by atoms with Crippen LogP contribution < -0.4 is 0 Å². The van der Waals surface area contributed by atoms with Crippen LogP contribution >= 0.6 is 0 Å². The number of hydrogen-bond acceptors (Lipinski definition) is 4. The van der Waals surface area contributed by atoms with Crippen LogP contribution in [-0.4, -0.2) is 60.2 Å². The Morgan fingerprint density at radius 2 is 1.72 bits per heavy atom. The Kier molecular flexibility index (Phi) is 5.39. The van der Waals surface area contributed by atoms with Crippen molar-refractivity contribution >= 4 is 11.8 Å². The molecule has 1 aromatic carbocycles. The maximum Gasteiger partial charge on any atom is 0.242 e. The Morgan fingerprint density at radius 3 is 2.28 bits per heavy atom. The number of ether oxygens (including phenoxy) is 2. The minimum absolute atomic E-state index is 0.0184. The lowest BCUT2D eigenvalue weighted by Crippen LogP contribution is -2.50. The summed E-state index contributed by atoms with van der Waals surface area (Å²) in [6, 6.07) is 8.02. The van der Waals surface area contributed by atoms with Gasteiger partial charge in [-0.1, -0.05) is 29.8 Å². The molecule has 1 spiro atoms. The Bertz CT molecular complexity index is 613. The molecule has 2 aliphatic heterocycles. The number of benzene rings is 1. The summed E-state index contributed by atoms with van der Waals surface area (Å²) in [5.74, 6) is -0.598. The van der Waals surface area contributed by atoms with Crippen molar-refractivity contribution in [1.82, 2.24) is 9.80 Å². The molecular formula is C19H26N2O4. The molecule has 6 nitrogen and oxygen atoms in total. The van der Waals surface area contributed by atoms with Gasteiger partial charge in [-0.2, -0.15) is 0 Å². The van der Waals surface area contributed by atoms with Crippen molar-refractivity contribution in [3.63, 3.8) is 0 Å². The molecule has 25 heavy (non-hydrogen) atoms. The highest BCUT2D eigenvalue weighted by Crippen LogP contribution is 2.31. The number of nitrogens with zero attached hydrogens (tertiary/aromatic N) is 2. The normalized spacial score (nSPS) is 19.2. The van der Waals surface area contributed by atoms with Crippen LogP contribution in [0.4, 0.5) is 0 Å². The molecule has 2 saturated heterocycles. The van der Waals surface area contributed by atoms with E-state index >= 15 is 0 Å². The van der Waals surface area contributed by atoms with Crippen LogP contribution in [-0.2, 0) is 25.6 Å². The van der Waals surface area contributed by atoms with E-state index < -0.39 is 5.79 Å². The van der Waals surface area contributed by atoms with Crippen LogP contribution in [0.2, 0.25) is 0 Å². The van der Waals surface area contributed by atoms with Gasteiger partial charge in [-0.25, -0.2) is 0 Å². The Labute approximate surface area is 148 Å². The van der Waals surface area contributed by atoms with Crippen molar-refractivity contribution in [2.75, 3.05) is 32.8 Å². The first-order valence-corrected chi connectivity index (χ1v) is 8.84. The van der Waals surface area contributed by atoms with Crippen molar-refractivity contribution in [2.24, 2.45) is 0 Å². The van der Waals surface area contributed by atoms with Crippen molar-refractivity contribution in [1.29, 1.82) is 0 Å². The Morgan fingerprint density at radius 1 is 1.12 bits per heavy atom. The standard InChI is InChI=1S/C19H26N2O4/c1-15-3-5-17(6-4-15)13-21(16(2)22)14-18(23)20-9-7-19(8-10-20)24-11-12-25-19/h3-6H,7-14H2,1-2H3. The van der Waals surface area contributed by atoms with Gasteiger partial charge in [0.1, 0.15) is 6.54 Å². The van der Waals surface area contributed by atoms with Crippen LogP contribution in [0, 0.1) is 6.92 Å². The van der Waals surface area contributed by atoms with Crippen LogP contribution in [0.1, 0.15) is 30.9 Å². The average molecular weight is 346 g/mol. The summed E-state index contributed by atoms with van der Waals surface area (Å²) >= 11 is 0. The molecule has 0 aromatic heterocycles. The fraction of sp³-hybridized carbons (Fsp3) is 0.579. The van der Waals surface area contributed by atoms with Gasteiger partial charge in [-0.05, 0) is 12.5 Å². The summed E-state index contributed by atoms with van der Waals surface area (Å²) < 4.78 is 11.4. The lowest BCUT2D eigenvalue weighted by atomic mass is 10.0. The highest BCUT2D eigenvalue weighted by Gasteiger charge is 2.40. The fourth-order valence-corrected chi connectivity index (χ4v) is 3.34. The van der Waals surface area contributed by atoms with Crippen molar-refractivity contribution in [3.05, 3.63) is 35.4 Å². The monoisotopic (exact) mass is 346 g/mol. The van der Waals surface area contributed by atoms with E-state index in [-0.39, 0.29) is 18.4 Å². The highest BCUT2D eigenvalue weighted by atomic mass is 16.7. The van der Waals surface area contributed by atoms with Gasteiger partial charge in [-0.15, -0.1) is 0 Å². The molecule has 0 unspecified atom stereocenters. The first kappa shape index (κ1) is 17.9. The number of amides is 2. The average Bonchev–Trinajstić information content (AvgIpc) is 3.04. The summed E-state index contributed by atoms with van der Waals surface area (Å²) in [5.41, 5.74) is 2.20. The number of carbonyl (C=O) groups is 2. The van der Waals surface area contributed by atoms with Gasteiger partial charge in [0.05, 0.1) is 13.2 Å². The number of hydrogen-bond donors (Lipinski definition) is 0. The van der Waals surface area contributed by atoms with Crippen molar-refractivity contribution in [2.45, 2.75) is 39.0 Å². The predicted molar refractivity (Wildman–Crippen MR) is 92.7 cm³/mol. The first-order valence-electron chi connectivity index (χ1n) is 8.84. The van der Waals surface area contributed by atoms with E-state index in [1.165, 1.54) is 12.5 Å². The molecule has 136 valence electrons. The van der Waals surface area contributed by atoms with Crippen LogP contribution in [0.25, 0.3) is 0 Å². The summed E-state index contributed by atoms with van der Waals surface area (Å²) in [6.45, 7) is 6.56. The molecule has 1 aromatic rings. The molecule has 0 atom stereocenters. The van der Waals surface area contributed by atoms with Gasteiger partial charge in [0.2, 0.25) is 11.8 Å². The summed E-state index contributed by atoms with van der Waals surface area (Å²) in [5, 5.41) is 0. The van der Waals surface area contributed by atoms with Gasteiger partial charge in [0.15, 0.2) is 5.79 Å². The molecule has 0 bridgehead atoms. The zero-order valence-corrected chi connectivity index (χ0v) is 15.0. The molecule has 2 heterocycles. The van der Waals surface area contributed by atoms with Crippen molar-refractivity contribution in [3.8, 4) is 0 Å². The van der Waals surface area contributed by atoms with Gasteiger partial charge in [0.25, 0.3) is 0 Å². The van der Waals surface area contributed by atoms with Crippen LogP contribution in [0.3, 0.4) is 0 Å². The van der Waals surface area contributed by atoms with E-state index in [0.29, 0.717) is 45.7 Å². The topological polar surface area (TPSA) is 59.1 Å². The molecule has 0 radical (unpaired) electrons. The third-order valence-corrected chi connectivity index (χ3v) is 4.96. The van der Waals surface area contributed by atoms with Gasteiger partial charge >= 0.3 is 0 Å².